The maximum atomic E-state index is 12.9. The smallest absolute Gasteiger partial charge is 0.450 e. The first-order chi connectivity index (χ1) is 15.9. The summed E-state index contributed by atoms with van der Waals surface area (Å²) < 4.78 is 5.98. The maximum absolute atomic E-state index is 12.9. The molecule has 0 radical (unpaired) electrons. The Morgan fingerprint density at radius 1 is 1.00 bits per heavy atom. The third-order valence-corrected chi connectivity index (χ3v) is 7.89. The number of fused-ring (bicyclic) bond motifs is 1. The molecule has 0 spiro atoms. The Hall–Kier alpha value is -2.55. The van der Waals surface area contributed by atoms with Crippen molar-refractivity contribution in [2.75, 3.05) is 18.0 Å². The van der Waals surface area contributed by atoms with Gasteiger partial charge in [0.25, 0.3) is 0 Å². The molecule has 4 fully saturated rings. The van der Waals surface area contributed by atoms with Crippen LogP contribution < -0.4 is 4.90 Å². The van der Waals surface area contributed by atoms with E-state index in [1.165, 1.54) is 12.1 Å². The van der Waals surface area contributed by atoms with E-state index < -0.39 is 11.8 Å². The molecule has 0 aromatic carbocycles. The number of nitrogens with zero attached hydrogens (tertiary/aromatic N) is 3. The Balaban J connectivity index is 0.000000601. The molecule has 2 saturated heterocycles. The van der Waals surface area contributed by atoms with Crippen molar-refractivity contribution in [1.82, 2.24) is 9.88 Å². The monoisotopic (exact) mass is 461 g/mol. The number of carboxylic acid groups (broad SMARTS) is 2. The number of carbonyl (C=O) groups is 2. The molecular formula is C24H35N3O6. The van der Waals surface area contributed by atoms with Gasteiger partial charge in [-0.2, -0.15) is 0 Å². The van der Waals surface area contributed by atoms with Crippen molar-refractivity contribution in [2.24, 2.45) is 5.92 Å². The minimum Gasteiger partial charge on any atom is -0.450 e. The molecule has 9 nitrogen and oxygen atoms in total. The summed E-state index contributed by atoms with van der Waals surface area (Å²) in [5, 5.41) is 25.3. The van der Waals surface area contributed by atoms with E-state index in [9.17, 15) is 9.90 Å². The number of amides is 1. The van der Waals surface area contributed by atoms with Gasteiger partial charge in [-0.3, -0.25) is 9.88 Å². The first kappa shape index (κ1) is 23.6. The third kappa shape index (κ3) is 5.18. The highest BCUT2D eigenvalue weighted by atomic mass is 16.6. The van der Waals surface area contributed by atoms with E-state index >= 15 is 0 Å². The van der Waals surface area contributed by atoms with Crippen molar-refractivity contribution < 1.29 is 29.6 Å². The highest BCUT2D eigenvalue weighted by molar-refractivity contribution is 5.71. The summed E-state index contributed by atoms with van der Waals surface area (Å²) in [6.45, 7) is 1.90. The Morgan fingerprint density at radius 3 is 2.27 bits per heavy atom. The topological polar surface area (TPSA) is 123 Å². The highest BCUT2D eigenvalue weighted by Crippen LogP contribution is 2.47. The number of aromatic nitrogens is 1. The summed E-state index contributed by atoms with van der Waals surface area (Å²) in [5.41, 5.74) is 0.570. The van der Waals surface area contributed by atoms with Crippen LogP contribution in [0.1, 0.15) is 64.2 Å². The van der Waals surface area contributed by atoms with Crippen LogP contribution in [-0.2, 0) is 4.74 Å². The first-order valence-corrected chi connectivity index (χ1v) is 12.2. The summed E-state index contributed by atoms with van der Waals surface area (Å²) >= 11 is 0. The van der Waals surface area contributed by atoms with E-state index in [1.807, 2.05) is 12.4 Å². The second-order valence-electron chi connectivity index (χ2n) is 9.73. The quantitative estimate of drug-likeness (QED) is 0.618. The molecule has 3 unspecified atom stereocenters. The molecule has 1 aromatic rings. The summed E-state index contributed by atoms with van der Waals surface area (Å²) in [5.74, 6) is 0.104. The van der Waals surface area contributed by atoms with Crippen LogP contribution in [0.5, 0.6) is 0 Å². The fourth-order valence-electron chi connectivity index (χ4n) is 6.40. The Kier molecular flexibility index (Phi) is 7.26. The highest BCUT2D eigenvalue weighted by Gasteiger charge is 2.55. The van der Waals surface area contributed by atoms with Crippen LogP contribution in [0.4, 0.5) is 15.3 Å². The summed E-state index contributed by atoms with van der Waals surface area (Å²) in [6.07, 6.45) is 11.7. The zero-order chi connectivity index (χ0) is 23.4. The summed E-state index contributed by atoms with van der Waals surface area (Å²) in [4.78, 5) is 30.0. The van der Waals surface area contributed by atoms with Crippen LogP contribution >= 0.6 is 0 Å². The molecule has 4 aliphatic rings. The first-order valence-electron chi connectivity index (χ1n) is 12.2. The second-order valence-corrected chi connectivity index (χ2v) is 9.73. The van der Waals surface area contributed by atoms with Gasteiger partial charge < -0.3 is 25.0 Å². The van der Waals surface area contributed by atoms with Crippen molar-refractivity contribution in [3.63, 3.8) is 0 Å². The molecule has 3 atom stereocenters. The van der Waals surface area contributed by atoms with Gasteiger partial charge in [0.1, 0.15) is 6.10 Å². The van der Waals surface area contributed by atoms with E-state index in [-0.39, 0.29) is 30.2 Å². The number of carbonyl (C=O) groups excluding carboxylic acids is 1. The van der Waals surface area contributed by atoms with E-state index in [4.69, 9.17) is 19.7 Å². The molecule has 33 heavy (non-hydrogen) atoms. The van der Waals surface area contributed by atoms with E-state index in [0.29, 0.717) is 0 Å². The molecule has 2 aliphatic heterocycles. The lowest BCUT2D eigenvalue weighted by atomic mass is 9.67. The molecule has 0 bridgehead atoms. The fourth-order valence-corrected chi connectivity index (χ4v) is 6.40. The number of hydrogen-bond donors (Lipinski definition) is 3. The number of rotatable bonds is 3. The van der Waals surface area contributed by atoms with Gasteiger partial charge in [0, 0.05) is 43.1 Å². The van der Waals surface area contributed by atoms with Gasteiger partial charge >= 0.3 is 12.2 Å². The fraction of sp³-hybridized carbons (Fsp3) is 0.708. The average Bonchev–Trinajstić information content (AvgIpc) is 3.15. The van der Waals surface area contributed by atoms with Gasteiger partial charge in [-0.25, -0.2) is 9.59 Å². The lowest BCUT2D eigenvalue weighted by molar-refractivity contribution is -0.106. The van der Waals surface area contributed by atoms with E-state index in [1.54, 1.807) is 0 Å². The number of ether oxygens (including phenoxy) is 1. The van der Waals surface area contributed by atoms with Crippen LogP contribution in [0.25, 0.3) is 0 Å². The average molecular weight is 462 g/mol. The maximum Gasteiger partial charge on any atom is 0.503 e. The van der Waals surface area contributed by atoms with Gasteiger partial charge in [-0.1, -0.05) is 25.7 Å². The number of pyridine rings is 1. The minimum absolute atomic E-state index is 0.104. The van der Waals surface area contributed by atoms with Gasteiger partial charge in [0.2, 0.25) is 0 Å². The van der Waals surface area contributed by atoms with Crippen molar-refractivity contribution in [1.29, 1.82) is 0 Å². The van der Waals surface area contributed by atoms with E-state index in [0.717, 1.165) is 70.9 Å². The second kappa shape index (κ2) is 10.2. The van der Waals surface area contributed by atoms with Crippen molar-refractivity contribution in [2.45, 2.75) is 88.0 Å². The van der Waals surface area contributed by atoms with Gasteiger partial charge in [-0.15, -0.1) is 0 Å². The molecule has 182 valence electrons. The third-order valence-electron chi connectivity index (χ3n) is 7.89. The molecule has 2 aliphatic carbocycles. The van der Waals surface area contributed by atoms with E-state index in [2.05, 4.69) is 26.9 Å². The number of aliphatic hydroxyl groups is 1. The zero-order valence-electron chi connectivity index (χ0n) is 19.0. The van der Waals surface area contributed by atoms with Crippen LogP contribution in [-0.4, -0.2) is 74.3 Å². The molecule has 9 heteroatoms. The molecule has 1 aromatic heterocycles. The predicted molar refractivity (Wildman–Crippen MR) is 121 cm³/mol. The van der Waals surface area contributed by atoms with Crippen LogP contribution in [0.3, 0.4) is 0 Å². The molecule has 3 N–H and O–H groups in total. The molecule has 1 amide bonds. The van der Waals surface area contributed by atoms with Crippen LogP contribution in [0, 0.1) is 5.92 Å². The van der Waals surface area contributed by atoms with Gasteiger partial charge in [0.15, 0.2) is 0 Å². The lowest BCUT2D eigenvalue weighted by Crippen LogP contribution is -2.55. The largest absolute Gasteiger partial charge is 0.503 e. The van der Waals surface area contributed by atoms with Crippen molar-refractivity contribution in [3.05, 3.63) is 24.5 Å². The van der Waals surface area contributed by atoms with Crippen molar-refractivity contribution in [3.8, 4) is 0 Å². The minimum atomic E-state index is -1.83. The Bertz CT molecular complexity index is 804. The predicted octanol–water partition coefficient (Wildman–Crippen LogP) is 3.96. The standard InChI is InChI=1S/C23H33N3O3.CH2O3/c27-22-26(18-9-15-25(16-10-18)17-7-13-24-14-8-17)20-6-4-5-19(21(20)29-22)23(28)11-2-1-3-12-23;2-1(3)4/h7-8,13-14,18-21,28H,1-6,9-12,15-16H2;(H2,2,3,4). The molecule has 5 rings (SSSR count). The van der Waals surface area contributed by atoms with Gasteiger partial charge in [0.05, 0.1) is 11.6 Å². The normalized spacial score (nSPS) is 29.5. The van der Waals surface area contributed by atoms with Gasteiger partial charge in [-0.05, 0) is 50.7 Å². The van der Waals surface area contributed by atoms with Crippen molar-refractivity contribution >= 4 is 17.9 Å². The molecule has 3 heterocycles. The Morgan fingerprint density at radius 2 is 1.64 bits per heavy atom. The lowest BCUT2D eigenvalue weighted by Gasteiger charge is -2.46. The SMILES string of the molecule is O=C(O)O.O=C1OC2C(CCCC2C2(O)CCCCC2)N1C1CCN(c2ccncc2)CC1. The number of anilines is 1. The van der Waals surface area contributed by atoms with Crippen LogP contribution in [0.2, 0.25) is 0 Å². The summed E-state index contributed by atoms with van der Waals surface area (Å²) in [6, 6.07) is 4.49. The number of piperidine rings is 1. The number of hydrogen-bond acceptors (Lipinski definition) is 6. The molecule has 2 saturated carbocycles. The summed E-state index contributed by atoms with van der Waals surface area (Å²) in [7, 11) is 0. The van der Waals surface area contributed by atoms with Crippen LogP contribution in [0.15, 0.2) is 24.5 Å². The molecular weight excluding hydrogens is 426 g/mol. The Labute approximate surface area is 194 Å². The zero-order valence-corrected chi connectivity index (χ0v) is 19.0.